The second-order valence-electron chi connectivity index (χ2n) is 5.81. The Morgan fingerprint density at radius 2 is 2.27 bits per heavy atom. The smallest absolute Gasteiger partial charge is 0.368 e. The number of nitrogens with zero attached hydrogens (tertiary/aromatic N) is 2. The molecule has 3 heterocycles. The van der Waals surface area contributed by atoms with Crippen LogP contribution < -0.4 is 5.32 Å². The van der Waals surface area contributed by atoms with E-state index in [2.05, 4.69) is 14.9 Å². The Kier molecular flexibility index (Phi) is 4.12. The second kappa shape index (κ2) is 5.91. The summed E-state index contributed by atoms with van der Waals surface area (Å²) < 4.78 is 44.7. The summed E-state index contributed by atoms with van der Waals surface area (Å²) in [6.45, 7) is 0.699. The van der Waals surface area contributed by atoms with Crippen molar-refractivity contribution >= 4 is 5.91 Å². The van der Waals surface area contributed by atoms with Crippen LogP contribution in [0.15, 0.2) is 6.20 Å². The first kappa shape index (κ1) is 15.3. The molecule has 1 aromatic heterocycles. The maximum Gasteiger partial charge on any atom is 0.394 e. The molecule has 8 heteroatoms. The van der Waals surface area contributed by atoms with Gasteiger partial charge in [-0.3, -0.25) is 4.79 Å². The summed E-state index contributed by atoms with van der Waals surface area (Å²) in [6, 6.07) is 0. The van der Waals surface area contributed by atoms with Crippen LogP contribution in [0.5, 0.6) is 0 Å². The number of fused-ring (bicyclic) bond motifs is 1. The van der Waals surface area contributed by atoms with Crippen molar-refractivity contribution in [3.63, 3.8) is 0 Å². The summed E-state index contributed by atoms with van der Waals surface area (Å²) in [6.07, 6.45) is -0.603. The van der Waals surface area contributed by atoms with Gasteiger partial charge < -0.3 is 14.6 Å². The highest BCUT2D eigenvalue weighted by atomic mass is 19.4. The van der Waals surface area contributed by atoms with E-state index in [0.29, 0.717) is 0 Å². The van der Waals surface area contributed by atoms with Gasteiger partial charge in [0.1, 0.15) is 11.9 Å². The zero-order valence-electron chi connectivity index (χ0n) is 12.0. The van der Waals surface area contributed by atoms with E-state index in [1.165, 1.54) is 0 Å². The summed E-state index contributed by atoms with van der Waals surface area (Å²) in [4.78, 5) is 16.3. The van der Waals surface area contributed by atoms with Gasteiger partial charge in [0.25, 0.3) is 0 Å². The highest BCUT2D eigenvalue weighted by molar-refractivity contribution is 5.80. The Balaban J connectivity index is 1.51. The van der Waals surface area contributed by atoms with Gasteiger partial charge in [-0.1, -0.05) is 0 Å². The number of hydrogen-bond acceptors (Lipinski definition) is 3. The standard InChI is InChI=1S/C14H18F3N3O2/c15-14(16,17)9-5-11(22-8-9)13(21)18-6-10-7-20-4-2-1-3-12(20)19-10/h7,9,11H,1-6,8H2,(H,18,21). The van der Waals surface area contributed by atoms with Gasteiger partial charge >= 0.3 is 6.18 Å². The largest absolute Gasteiger partial charge is 0.394 e. The topological polar surface area (TPSA) is 56.2 Å². The van der Waals surface area contributed by atoms with Crippen LogP contribution in [0.2, 0.25) is 0 Å². The van der Waals surface area contributed by atoms with Crippen molar-refractivity contribution in [2.75, 3.05) is 6.61 Å². The molecular weight excluding hydrogens is 299 g/mol. The fourth-order valence-corrected chi connectivity index (χ4v) is 2.89. The number of ether oxygens (including phenoxy) is 1. The molecule has 5 nitrogen and oxygen atoms in total. The first-order valence-electron chi connectivity index (χ1n) is 7.44. The maximum atomic E-state index is 12.6. The molecule has 3 rings (SSSR count). The van der Waals surface area contributed by atoms with Gasteiger partial charge in [-0.05, 0) is 19.3 Å². The molecule has 0 bridgehead atoms. The lowest BCUT2D eigenvalue weighted by Crippen LogP contribution is -2.34. The molecule has 2 unspecified atom stereocenters. The number of imidazole rings is 1. The quantitative estimate of drug-likeness (QED) is 0.925. The minimum atomic E-state index is -4.31. The lowest BCUT2D eigenvalue weighted by molar-refractivity contribution is -0.173. The number of hydrogen-bond donors (Lipinski definition) is 1. The lowest BCUT2D eigenvalue weighted by atomic mass is 10.1. The van der Waals surface area contributed by atoms with E-state index in [9.17, 15) is 18.0 Å². The maximum absolute atomic E-state index is 12.6. The molecular formula is C14H18F3N3O2. The highest BCUT2D eigenvalue weighted by Gasteiger charge is 2.46. The third kappa shape index (κ3) is 3.26. The lowest BCUT2D eigenvalue weighted by Gasteiger charge is -2.12. The molecule has 1 N–H and O–H groups in total. The van der Waals surface area contributed by atoms with E-state index < -0.39 is 30.7 Å². The van der Waals surface area contributed by atoms with Crippen molar-refractivity contribution in [2.45, 2.75) is 51.1 Å². The van der Waals surface area contributed by atoms with Gasteiger partial charge in [0.05, 0.1) is 24.8 Å². The number of carbonyl (C=O) groups is 1. The number of aryl methyl sites for hydroxylation is 2. The predicted octanol–water partition coefficient (Wildman–Crippen LogP) is 1.80. The summed E-state index contributed by atoms with van der Waals surface area (Å²) in [5, 5.41) is 2.61. The fraction of sp³-hybridized carbons (Fsp3) is 0.714. The molecule has 0 aliphatic carbocycles. The normalized spacial score (nSPS) is 25.0. The summed E-state index contributed by atoms with van der Waals surface area (Å²) in [5.41, 5.74) is 0.732. The van der Waals surface area contributed by atoms with Crippen LogP contribution in [-0.2, 0) is 29.0 Å². The Morgan fingerprint density at radius 3 is 2.95 bits per heavy atom. The Labute approximate surface area is 125 Å². The van der Waals surface area contributed by atoms with E-state index in [1.54, 1.807) is 0 Å². The van der Waals surface area contributed by atoms with Crippen molar-refractivity contribution in [1.29, 1.82) is 0 Å². The van der Waals surface area contributed by atoms with Crippen LogP contribution in [0.4, 0.5) is 13.2 Å². The monoisotopic (exact) mass is 317 g/mol. The van der Waals surface area contributed by atoms with Crippen LogP contribution in [0.25, 0.3) is 0 Å². The number of halogens is 3. The van der Waals surface area contributed by atoms with Crippen LogP contribution in [-0.4, -0.2) is 34.3 Å². The van der Waals surface area contributed by atoms with Gasteiger partial charge in [-0.25, -0.2) is 4.98 Å². The molecule has 1 saturated heterocycles. The average Bonchev–Trinajstić information content (AvgIpc) is 3.10. The van der Waals surface area contributed by atoms with Crippen LogP contribution in [0, 0.1) is 5.92 Å². The summed E-state index contributed by atoms with van der Waals surface area (Å²) in [5.74, 6) is -1.05. The minimum absolute atomic E-state index is 0.218. The van der Waals surface area contributed by atoms with Crippen molar-refractivity contribution in [2.24, 2.45) is 5.92 Å². The van der Waals surface area contributed by atoms with E-state index in [-0.39, 0.29) is 13.0 Å². The summed E-state index contributed by atoms with van der Waals surface area (Å²) in [7, 11) is 0. The minimum Gasteiger partial charge on any atom is -0.368 e. The van der Waals surface area contributed by atoms with Gasteiger partial charge in [0, 0.05) is 19.2 Å². The zero-order valence-corrected chi connectivity index (χ0v) is 12.0. The number of rotatable bonds is 3. The molecule has 1 aromatic rings. The molecule has 0 saturated carbocycles. The number of aromatic nitrogens is 2. The number of amides is 1. The van der Waals surface area contributed by atoms with Crippen molar-refractivity contribution in [1.82, 2.24) is 14.9 Å². The third-order valence-corrected chi connectivity index (χ3v) is 4.15. The van der Waals surface area contributed by atoms with E-state index >= 15 is 0 Å². The second-order valence-corrected chi connectivity index (χ2v) is 5.81. The first-order valence-corrected chi connectivity index (χ1v) is 7.44. The van der Waals surface area contributed by atoms with Crippen molar-refractivity contribution in [3.05, 3.63) is 17.7 Å². The SMILES string of the molecule is O=C(NCc1cn2c(n1)CCCC2)C1CC(C(F)(F)F)CO1. The van der Waals surface area contributed by atoms with E-state index in [1.807, 2.05) is 6.20 Å². The summed E-state index contributed by atoms with van der Waals surface area (Å²) >= 11 is 0. The molecule has 0 spiro atoms. The molecule has 1 fully saturated rings. The predicted molar refractivity (Wildman–Crippen MR) is 70.9 cm³/mol. The third-order valence-electron chi connectivity index (χ3n) is 4.15. The van der Waals surface area contributed by atoms with Gasteiger partial charge in [-0.15, -0.1) is 0 Å². The molecule has 1 amide bonds. The molecule has 2 aliphatic heterocycles. The van der Waals surface area contributed by atoms with Crippen LogP contribution >= 0.6 is 0 Å². The number of carbonyl (C=O) groups excluding carboxylic acids is 1. The zero-order chi connectivity index (χ0) is 15.7. The Morgan fingerprint density at radius 1 is 1.45 bits per heavy atom. The molecule has 0 aromatic carbocycles. The van der Waals surface area contributed by atoms with Crippen molar-refractivity contribution < 1.29 is 22.7 Å². The van der Waals surface area contributed by atoms with Crippen LogP contribution in [0.3, 0.4) is 0 Å². The Hall–Kier alpha value is -1.57. The first-order chi connectivity index (χ1) is 10.4. The van der Waals surface area contributed by atoms with E-state index in [0.717, 1.165) is 37.3 Å². The molecule has 2 aliphatic rings. The number of alkyl halides is 3. The molecule has 0 radical (unpaired) electrons. The van der Waals surface area contributed by atoms with Gasteiger partial charge in [0.15, 0.2) is 0 Å². The van der Waals surface area contributed by atoms with Crippen molar-refractivity contribution in [3.8, 4) is 0 Å². The highest BCUT2D eigenvalue weighted by Crippen LogP contribution is 2.34. The molecule has 22 heavy (non-hydrogen) atoms. The average molecular weight is 317 g/mol. The number of nitrogens with one attached hydrogen (secondary N) is 1. The fourth-order valence-electron chi connectivity index (χ4n) is 2.89. The Bertz CT molecular complexity index is 533. The van der Waals surface area contributed by atoms with Gasteiger partial charge in [-0.2, -0.15) is 13.2 Å². The van der Waals surface area contributed by atoms with Crippen LogP contribution in [0.1, 0.15) is 30.8 Å². The molecule has 2 atom stereocenters. The molecule has 122 valence electrons. The van der Waals surface area contributed by atoms with E-state index in [4.69, 9.17) is 4.74 Å². The van der Waals surface area contributed by atoms with Gasteiger partial charge in [0.2, 0.25) is 5.91 Å².